The third-order valence-electron chi connectivity index (χ3n) is 2.47. The third-order valence-corrected chi connectivity index (χ3v) is 3.52. The number of hydrogen-bond donors (Lipinski definition) is 2. The van der Waals surface area contributed by atoms with Crippen molar-refractivity contribution in [2.75, 3.05) is 5.32 Å². The Morgan fingerprint density at radius 2 is 1.78 bits per heavy atom. The van der Waals surface area contributed by atoms with Crippen LogP contribution in [0, 0.1) is 5.41 Å². The van der Waals surface area contributed by atoms with Gasteiger partial charge in [0.15, 0.2) is 0 Å². The molecule has 1 aromatic rings. The van der Waals surface area contributed by atoms with Gasteiger partial charge in [-0.2, -0.15) is 0 Å². The number of nitrogens with two attached hydrogens (primary N) is 1. The molecule has 0 heterocycles. The molecular formula is C12H15BrCl2N2O. The minimum absolute atomic E-state index is 0.311. The van der Waals surface area contributed by atoms with Crippen molar-refractivity contribution in [2.24, 2.45) is 11.1 Å². The van der Waals surface area contributed by atoms with E-state index in [0.717, 1.165) is 4.47 Å². The number of benzene rings is 1. The van der Waals surface area contributed by atoms with Gasteiger partial charge in [-0.05, 0) is 17.5 Å². The van der Waals surface area contributed by atoms with Crippen LogP contribution in [0.1, 0.15) is 20.8 Å². The van der Waals surface area contributed by atoms with Gasteiger partial charge in [-0.1, -0.05) is 59.9 Å². The first kappa shape index (κ1) is 15.8. The molecule has 0 aliphatic carbocycles. The predicted molar refractivity (Wildman–Crippen MR) is 80.2 cm³/mol. The Morgan fingerprint density at radius 3 is 2.17 bits per heavy atom. The number of carbonyl (C=O) groups is 1. The van der Waals surface area contributed by atoms with E-state index in [1.165, 1.54) is 0 Å². The molecule has 6 heteroatoms. The average Bonchev–Trinajstić information content (AvgIpc) is 2.20. The number of nitrogens with one attached hydrogen (secondary N) is 1. The molecule has 0 radical (unpaired) electrons. The van der Waals surface area contributed by atoms with Crippen molar-refractivity contribution in [3.8, 4) is 0 Å². The van der Waals surface area contributed by atoms with Crippen LogP contribution in [0.5, 0.6) is 0 Å². The standard InChI is InChI=1S/C12H15BrCl2N2O/c1-12(2,3)10(16)11(18)17-9-7(14)4-6(13)5-8(9)15/h4-5,10H,16H2,1-3H3,(H,17,18)/t10-/m1/s1. The monoisotopic (exact) mass is 352 g/mol. The summed E-state index contributed by atoms with van der Waals surface area (Å²) in [6.45, 7) is 5.67. The zero-order valence-electron chi connectivity index (χ0n) is 10.4. The van der Waals surface area contributed by atoms with Crippen molar-refractivity contribution < 1.29 is 4.79 Å². The lowest BCUT2D eigenvalue weighted by Gasteiger charge is -2.26. The lowest BCUT2D eigenvalue weighted by molar-refractivity contribution is -0.119. The van der Waals surface area contributed by atoms with Gasteiger partial charge in [-0.15, -0.1) is 0 Å². The zero-order chi connectivity index (χ0) is 14.1. The van der Waals surface area contributed by atoms with Crippen molar-refractivity contribution in [1.82, 2.24) is 0 Å². The van der Waals surface area contributed by atoms with Crippen molar-refractivity contribution in [3.05, 3.63) is 26.7 Å². The number of rotatable bonds is 2. The summed E-state index contributed by atoms with van der Waals surface area (Å²) in [6.07, 6.45) is 0. The Morgan fingerprint density at radius 1 is 1.33 bits per heavy atom. The summed E-state index contributed by atoms with van der Waals surface area (Å²) in [5.41, 5.74) is 5.91. The van der Waals surface area contributed by atoms with Gasteiger partial charge in [-0.3, -0.25) is 4.79 Å². The van der Waals surface area contributed by atoms with Crippen molar-refractivity contribution in [3.63, 3.8) is 0 Å². The number of halogens is 3. The summed E-state index contributed by atoms with van der Waals surface area (Å²) >= 11 is 15.3. The first-order valence-corrected chi connectivity index (χ1v) is 6.89. The van der Waals surface area contributed by atoms with Crippen molar-refractivity contribution in [2.45, 2.75) is 26.8 Å². The molecular weight excluding hydrogens is 339 g/mol. The molecule has 0 fully saturated rings. The number of hydrogen-bond acceptors (Lipinski definition) is 2. The Bertz CT molecular complexity index is 449. The largest absolute Gasteiger partial charge is 0.322 e. The molecule has 3 N–H and O–H groups in total. The zero-order valence-corrected chi connectivity index (χ0v) is 13.4. The average molecular weight is 354 g/mol. The van der Waals surface area contributed by atoms with Crippen molar-refractivity contribution >= 4 is 50.7 Å². The molecule has 100 valence electrons. The summed E-state index contributed by atoms with van der Waals surface area (Å²) in [5, 5.41) is 3.39. The third kappa shape index (κ3) is 3.85. The first-order valence-electron chi connectivity index (χ1n) is 5.34. The van der Waals surface area contributed by atoms with Gasteiger partial charge in [0.25, 0.3) is 0 Å². The highest BCUT2D eigenvalue weighted by Crippen LogP contribution is 2.34. The summed E-state index contributed by atoms with van der Waals surface area (Å²) in [5.74, 6) is -0.311. The Labute approximate surface area is 125 Å². The molecule has 1 rings (SSSR count). The fourth-order valence-corrected chi connectivity index (χ4v) is 2.56. The van der Waals surface area contributed by atoms with Crippen LogP contribution in [0.15, 0.2) is 16.6 Å². The molecule has 0 bridgehead atoms. The molecule has 1 aromatic carbocycles. The molecule has 0 aliphatic heterocycles. The topological polar surface area (TPSA) is 55.1 Å². The summed E-state index contributed by atoms with van der Waals surface area (Å²) in [4.78, 5) is 12.0. The molecule has 0 aromatic heterocycles. The smallest absolute Gasteiger partial charge is 0.241 e. The summed E-state index contributed by atoms with van der Waals surface area (Å²) in [7, 11) is 0. The lowest BCUT2D eigenvalue weighted by atomic mass is 9.87. The van der Waals surface area contributed by atoms with Gasteiger partial charge < -0.3 is 11.1 Å². The number of anilines is 1. The SMILES string of the molecule is CC(C)(C)[C@H](N)C(=O)Nc1c(Cl)cc(Br)cc1Cl. The first-order chi connectivity index (χ1) is 8.12. The van der Waals surface area contributed by atoms with Crippen LogP contribution in [0.2, 0.25) is 10.0 Å². The van der Waals surface area contributed by atoms with Crippen LogP contribution in [0.3, 0.4) is 0 Å². The number of carbonyl (C=O) groups excluding carboxylic acids is 1. The van der Waals surface area contributed by atoms with E-state index in [9.17, 15) is 4.79 Å². The maximum absolute atomic E-state index is 12.0. The fourth-order valence-electron chi connectivity index (χ4n) is 1.26. The minimum Gasteiger partial charge on any atom is -0.322 e. The van der Waals surface area contributed by atoms with Gasteiger partial charge in [-0.25, -0.2) is 0 Å². The van der Waals surface area contributed by atoms with Gasteiger partial charge >= 0.3 is 0 Å². The minimum atomic E-state index is -0.645. The maximum atomic E-state index is 12.0. The van der Waals surface area contributed by atoms with E-state index in [1.807, 2.05) is 20.8 Å². The molecule has 0 saturated heterocycles. The van der Waals surface area contributed by atoms with Gasteiger partial charge in [0, 0.05) is 4.47 Å². The van der Waals surface area contributed by atoms with Crippen LogP contribution in [-0.2, 0) is 4.79 Å². The van der Waals surface area contributed by atoms with Crippen LogP contribution in [-0.4, -0.2) is 11.9 Å². The highest BCUT2D eigenvalue weighted by Gasteiger charge is 2.28. The van der Waals surface area contributed by atoms with Crippen LogP contribution in [0.25, 0.3) is 0 Å². The fraction of sp³-hybridized carbons (Fsp3) is 0.417. The van der Waals surface area contributed by atoms with Crippen molar-refractivity contribution in [1.29, 1.82) is 0 Å². The highest BCUT2D eigenvalue weighted by atomic mass is 79.9. The van der Waals surface area contributed by atoms with E-state index >= 15 is 0 Å². The predicted octanol–water partition coefficient (Wildman–Crippen LogP) is 4.07. The van der Waals surface area contributed by atoms with E-state index in [4.69, 9.17) is 28.9 Å². The lowest BCUT2D eigenvalue weighted by Crippen LogP contribution is -2.45. The molecule has 18 heavy (non-hydrogen) atoms. The Balaban J connectivity index is 2.96. The van der Waals surface area contributed by atoms with E-state index in [0.29, 0.717) is 15.7 Å². The highest BCUT2D eigenvalue weighted by molar-refractivity contribution is 9.10. The second kappa shape index (κ2) is 5.78. The quantitative estimate of drug-likeness (QED) is 0.841. The van der Waals surface area contributed by atoms with Crippen LogP contribution >= 0.6 is 39.1 Å². The molecule has 0 unspecified atom stereocenters. The van der Waals surface area contributed by atoms with E-state index < -0.39 is 6.04 Å². The normalized spacial score (nSPS) is 13.3. The van der Waals surface area contributed by atoms with Gasteiger partial charge in [0.1, 0.15) is 0 Å². The molecule has 1 amide bonds. The molecule has 0 saturated carbocycles. The maximum Gasteiger partial charge on any atom is 0.241 e. The second-order valence-electron chi connectivity index (χ2n) is 5.08. The molecule has 0 spiro atoms. The van der Waals surface area contributed by atoms with Gasteiger partial charge in [0.05, 0.1) is 21.8 Å². The second-order valence-corrected chi connectivity index (χ2v) is 6.81. The van der Waals surface area contributed by atoms with E-state index in [-0.39, 0.29) is 11.3 Å². The molecule has 0 aliphatic rings. The summed E-state index contributed by atoms with van der Waals surface area (Å²) < 4.78 is 0.746. The van der Waals surface area contributed by atoms with Crippen LogP contribution < -0.4 is 11.1 Å². The Kier molecular flexibility index (Phi) is 5.06. The van der Waals surface area contributed by atoms with Gasteiger partial charge in [0.2, 0.25) is 5.91 Å². The summed E-state index contributed by atoms with van der Waals surface area (Å²) in [6, 6.07) is 2.67. The van der Waals surface area contributed by atoms with Crippen LogP contribution in [0.4, 0.5) is 5.69 Å². The van der Waals surface area contributed by atoms with E-state index in [1.54, 1.807) is 12.1 Å². The van der Waals surface area contributed by atoms with E-state index in [2.05, 4.69) is 21.2 Å². The molecule has 3 nitrogen and oxygen atoms in total. The number of amides is 1. The molecule has 1 atom stereocenters. The Hall–Kier alpha value is -0.290.